The van der Waals surface area contributed by atoms with E-state index in [4.69, 9.17) is 0 Å². The van der Waals surface area contributed by atoms with Gasteiger partial charge >= 0.3 is 0 Å². The van der Waals surface area contributed by atoms with Crippen LogP contribution < -0.4 is 0 Å². The lowest BCUT2D eigenvalue weighted by Crippen LogP contribution is -2.06. The molecule has 1 nitrogen and oxygen atoms in total. The number of carbonyl (C=O) groups excluding carboxylic acids is 1. The van der Waals surface area contributed by atoms with E-state index in [1.54, 1.807) is 0 Å². The van der Waals surface area contributed by atoms with Gasteiger partial charge in [-0.05, 0) is 12.0 Å². The molecule has 0 N–H and O–H groups in total. The summed E-state index contributed by atoms with van der Waals surface area (Å²) in [5.41, 5.74) is 1.06. The Morgan fingerprint density at radius 3 is 2.50 bits per heavy atom. The molecule has 0 amide bonds. The first-order valence-electron chi connectivity index (χ1n) is 5.97. The molecule has 0 heterocycles. The van der Waals surface area contributed by atoms with Crippen molar-refractivity contribution >= 4 is 21.7 Å². The van der Waals surface area contributed by atoms with Gasteiger partial charge in [0.05, 0.1) is 4.83 Å². The molecule has 0 bridgehead atoms. The normalized spacial score (nSPS) is 12.4. The molecule has 0 saturated heterocycles. The van der Waals surface area contributed by atoms with Gasteiger partial charge in [0.15, 0.2) is 5.78 Å². The Bertz CT molecular complexity index is 308. The smallest absolute Gasteiger partial charge is 0.150 e. The Balaban J connectivity index is 2.37. The van der Waals surface area contributed by atoms with Crippen LogP contribution in [0.25, 0.3) is 0 Å². The number of alkyl halides is 1. The standard InChI is InChI=1S/C14H19BrO/c1-2-3-4-8-11-13(16)14(15)12-9-6-5-7-10-12/h5-7,9-10,14H,2-4,8,11H2,1H3. The fourth-order valence-electron chi connectivity index (χ4n) is 1.66. The van der Waals surface area contributed by atoms with Crippen molar-refractivity contribution in [1.82, 2.24) is 0 Å². The summed E-state index contributed by atoms with van der Waals surface area (Å²) in [7, 11) is 0. The lowest BCUT2D eigenvalue weighted by Gasteiger charge is -2.08. The minimum atomic E-state index is -0.129. The largest absolute Gasteiger partial charge is 0.298 e. The fourth-order valence-corrected chi connectivity index (χ4v) is 2.19. The number of ketones is 1. The lowest BCUT2D eigenvalue weighted by molar-refractivity contribution is -0.118. The highest BCUT2D eigenvalue weighted by Gasteiger charge is 2.15. The van der Waals surface area contributed by atoms with E-state index >= 15 is 0 Å². The average Bonchev–Trinajstić information content (AvgIpc) is 2.34. The van der Waals surface area contributed by atoms with Gasteiger partial charge in [-0.2, -0.15) is 0 Å². The van der Waals surface area contributed by atoms with Gasteiger partial charge in [0.2, 0.25) is 0 Å². The van der Waals surface area contributed by atoms with E-state index in [0.29, 0.717) is 12.2 Å². The summed E-state index contributed by atoms with van der Waals surface area (Å²) in [6, 6.07) is 9.88. The zero-order valence-electron chi connectivity index (χ0n) is 9.79. The number of rotatable bonds is 7. The third-order valence-electron chi connectivity index (χ3n) is 2.65. The van der Waals surface area contributed by atoms with Crippen LogP contribution in [0.1, 0.15) is 49.4 Å². The highest BCUT2D eigenvalue weighted by atomic mass is 79.9. The Morgan fingerprint density at radius 1 is 1.19 bits per heavy atom. The fraction of sp³-hybridized carbons (Fsp3) is 0.500. The first kappa shape index (κ1) is 13.4. The molecule has 0 aliphatic heterocycles. The van der Waals surface area contributed by atoms with Gasteiger partial charge in [-0.15, -0.1) is 0 Å². The van der Waals surface area contributed by atoms with Gasteiger partial charge in [0.25, 0.3) is 0 Å². The van der Waals surface area contributed by atoms with Crippen LogP contribution in [0, 0.1) is 0 Å². The van der Waals surface area contributed by atoms with E-state index < -0.39 is 0 Å². The molecule has 2 heteroatoms. The molecule has 1 atom stereocenters. The summed E-state index contributed by atoms with van der Waals surface area (Å²) >= 11 is 3.47. The zero-order valence-corrected chi connectivity index (χ0v) is 11.4. The molecule has 0 aliphatic rings. The van der Waals surface area contributed by atoms with Crippen molar-refractivity contribution in [3.63, 3.8) is 0 Å². The molecule has 0 saturated carbocycles. The molecule has 0 aromatic heterocycles. The maximum absolute atomic E-state index is 11.9. The van der Waals surface area contributed by atoms with Crippen molar-refractivity contribution in [3.05, 3.63) is 35.9 Å². The molecule has 16 heavy (non-hydrogen) atoms. The van der Waals surface area contributed by atoms with Crippen LogP contribution in [0.4, 0.5) is 0 Å². The number of Topliss-reactive ketones (excluding diaryl/α,β-unsaturated/α-hetero) is 1. The van der Waals surface area contributed by atoms with E-state index in [1.807, 2.05) is 30.3 Å². The number of halogens is 1. The second-order valence-electron chi connectivity index (χ2n) is 4.05. The second-order valence-corrected chi connectivity index (χ2v) is 4.97. The van der Waals surface area contributed by atoms with E-state index in [1.165, 1.54) is 12.8 Å². The summed E-state index contributed by atoms with van der Waals surface area (Å²) in [6.07, 6.45) is 5.30. The maximum Gasteiger partial charge on any atom is 0.150 e. The molecule has 1 aromatic carbocycles. The van der Waals surface area contributed by atoms with Crippen molar-refractivity contribution in [1.29, 1.82) is 0 Å². The summed E-state index contributed by atoms with van der Waals surface area (Å²) in [5.74, 6) is 0.294. The highest BCUT2D eigenvalue weighted by molar-refractivity contribution is 9.09. The highest BCUT2D eigenvalue weighted by Crippen LogP contribution is 2.25. The lowest BCUT2D eigenvalue weighted by atomic mass is 10.0. The molecule has 0 spiro atoms. The number of benzene rings is 1. The summed E-state index contributed by atoms with van der Waals surface area (Å²) in [5, 5.41) is 0. The third kappa shape index (κ3) is 4.48. The van der Waals surface area contributed by atoms with Crippen LogP contribution in [0.3, 0.4) is 0 Å². The van der Waals surface area contributed by atoms with Gasteiger partial charge in [0.1, 0.15) is 0 Å². The van der Waals surface area contributed by atoms with E-state index in [2.05, 4.69) is 22.9 Å². The van der Waals surface area contributed by atoms with Crippen molar-refractivity contribution in [2.75, 3.05) is 0 Å². The number of hydrogen-bond acceptors (Lipinski definition) is 1. The Kier molecular flexibility index (Phi) is 6.39. The van der Waals surface area contributed by atoms with Crippen LogP contribution in [0.5, 0.6) is 0 Å². The minimum absolute atomic E-state index is 0.129. The van der Waals surface area contributed by atoms with Crippen LogP contribution in [0.2, 0.25) is 0 Å². The predicted octanol–water partition coefficient (Wildman–Crippen LogP) is 4.66. The van der Waals surface area contributed by atoms with Gasteiger partial charge < -0.3 is 0 Å². The first-order valence-corrected chi connectivity index (χ1v) is 6.89. The first-order chi connectivity index (χ1) is 7.75. The average molecular weight is 283 g/mol. The van der Waals surface area contributed by atoms with Gasteiger partial charge in [-0.1, -0.05) is 72.4 Å². The summed E-state index contributed by atoms with van der Waals surface area (Å²) < 4.78 is 0. The van der Waals surface area contributed by atoms with Gasteiger partial charge in [-0.25, -0.2) is 0 Å². The SMILES string of the molecule is CCCCCCC(=O)C(Br)c1ccccc1. The van der Waals surface area contributed by atoms with Gasteiger partial charge in [-0.3, -0.25) is 4.79 Å². The van der Waals surface area contributed by atoms with Gasteiger partial charge in [0, 0.05) is 6.42 Å². The quantitative estimate of drug-likeness (QED) is 0.525. The molecule has 0 fully saturated rings. The maximum atomic E-state index is 11.9. The molecular weight excluding hydrogens is 264 g/mol. The summed E-state index contributed by atoms with van der Waals surface area (Å²) in [4.78, 5) is 11.7. The molecular formula is C14H19BrO. The minimum Gasteiger partial charge on any atom is -0.298 e. The van der Waals surface area contributed by atoms with Crippen molar-refractivity contribution < 1.29 is 4.79 Å². The Morgan fingerprint density at radius 2 is 1.88 bits per heavy atom. The van der Waals surface area contributed by atoms with Crippen LogP contribution in [-0.4, -0.2) is 5.78 Å². The molecule has 88 valence electrons. The van der Waals surface area contributed by atoms with E-state index in [9.17, 15) is 4.79 Å². The zero-order chi connectivity index (χ0) is 11.8. The number of unbranched alkanes of at least 4 members (excludes halogenated alkanes) is 3. The molecule has 0 radical (unpaired) electrons. The Labute approximate surface area is 106 Å². The predicted molar refractivity (Wildman–Crippen MR) is 71.9 cm³/mol. The monoisotopic (exact) mass is 282 g/mol. The van der Waals surface area contributed by atoms with Crippen molar-refractivity contribution in [2.24, 2.45) is 0 Å². The molecule has 0 aliphatic carbocycles. The van der Waals surface area contributed by atoms with Crippen LogP contribution >= 0.6 is 15.9 Å². The Hall–Kier alpha value is -0.630. The summed E-state index contributed by atoms with van der Waals surface area (Å²) in [6.45, 7) is 2.18. The second kappa shape index (κ2) is 7.61. The van der Waals surface area contributed by atoms with Crippen molar-refractivity contribution in [3.8, 4) is 0 Å². The van der Waals surface area contributed by atoms with Crippen molar-refractivity contribution in [2.45, 2.75) is 43.9 Å². The van der Waals surface area contributed by atoms with E-state index in [0.717, 1.165) is 18.4 Å². The van der Waals surface area contributed by atoms with E-state index in [-0.39, 0.29) is 4.83 Å². The topological polar surface area (TPSA) is 17.1 Å². The van der Waals surface area contributed by atoms with Crippen LogP contribution in [-0.2, 0) is 4.79 Å². The third-order valence-corrected chi connectivity index (χ3v) is 3.69. The molecule has 1 rings (SSSR count). The molecule has 1 aromatic rings. The number of carbonyl (C=O) groups is 1. The number of hydrogen-bond donors (Lipinski definition) is 0. The van der Waals surface area contributed by atoms with Crippen LogP contribution in [0.15, 0.2) is 30.3 Å². The molecule has 1 unspecified atom stereocenters.